The van der Waals surface area contributed by atoms with Crippen LogP contribution >= 0.6 is 0 Å². The number of sulfone groups is 1. The van der Waals surface area contributed by atoms with E-state index in [1.54, 1.807) is 59.4 Å². The second kappa shape index (κ2) is 7.92. The number of fused-ring (bicyclic) bond motifs is 1. The SMILES string of the molecule is Cn1ccnc1CNC(=O)c1ccc2cn(Cc3ccc(S(C)(=O)=O)cc3)c(O)c2c1. The number of hydrogen-bond acceptors (Lipinski definition) is 5. The van der Waals surface area contributed by atoms with Gasteiger partial charge in [0.1, 0.15) is 5.82 Å². The molecule has 4 aromatic rings. The predicted molar refractivity (Wildman–Crippen MR) is 117 cm³/mol. The molecule has 0 bridgehead atoms. The number of rotatable bonds is 6. The molecular weight excluding hydrogens is 416 g/mol. The molecule has 2 aromatic heterocycles. The van der Waals surface area contributed by atoms with Crippen LogP contribution in [0.1, 0.15) is 21.7 Å². The van der Waals surface area contributed by atoms with E-state index in [2.05, 4.69) is 10.3 Å². The van der Waals surface area contributed by atoms with Gasteiger partial charge in [-0.05, 0) is 29.8 Å². The Bertz CT molecular complexity index is 1370. The van der Waals surface area contributed by atoms with Crippen LogP contribution in [0.2, 0.25) is 0 Å². The fraction of sp³-hybridized carbons (Fsp3) is 0.182. The lowest BCUT2D eigenvalue weighted by Crippen LogP contribution is -2.24. The standard InChI is InChI=1S/C22H22N4O4S/c1-25-10-9-23-20(25)12-24-21(27)16-5-6-17-14-26(22(28)19(17)11-16)13-15-3-7-18(8-4-15)31(2,29)30/h3-11,14,28H,12-13H2,1-2H3,(H,24,27). The molecule has 1 amide bonds. The molecule has 8 nitrogen and oxygen atoms in total. The topological polar surface area (TPSA) is 106 Å². The van der Waals surface area contributed by atoms with Gasteiger partial charge in [-0.15, -0.1) is 0 Å². The third-order valence-electron chi connectivity index (χ3n) is 5.16. The number of benzene rings is 2. The molecule has 0 unspecified atom stereocenters. The molecule has 0 aliphatic carbocycles. The molecule has 0 atom stereocenters. The van der Waals surface area contributed by atoms with Crippen molar-refractivity contribution >= 4 is 26.5 Å². The normalized spacial score (nSPS) is 11.7. The van der Waals surface area contributed by atoms with E-state index < -0.39 is 9.84 Å². The van der Waals surface area contributed by atoms with E-state index >= 15 is 0 Å². The average molecular weight is 439 g/mol. The van der Waals surface area contributed by atoms with Gasteiger partial charge in [0.15, 0.2) is 15.7 Å². The molecule has 160 valence electrons. The molecule has 2 N–H and O–H groups in total. The molecule has 2 aromatic carbocycles. The van der Waals surface area contributed by atoms with Crippen molar-refractivity contribution in [1.82, 2.24) is 19.4 Å². The Kier molecular flexibility index (Phi) is 5.28. The van der Waals surface area contributed by atoms with Crippen molar-refractivity contribution < 1.29 is 18.3 Å². The monoisotopic (exact) mass is 438 g/mol. The number of hydrogen-bond donors (Lipinski definition) is 2. The van der Waals surface area contributed by atoms with Crippen LogP contribution in [-0.4, -0.2) is 39.8 Å². The lowest BCUT2D eigenvalue weighted by molar-refractivity contribution is 0.0949. The first-order chi connectivity index (χ1) is 14.7. The van der Waals surface area contributed by atoms with Crippen LogP contribution in [0, 0.1) is 0 Å². The Morgan fingerprint density at radius 2 is 1.90 bits per heavy atom. The molecule has 2 heterocycles. The van der Waals surface area contributed by atoms with E-state index in [4.69, 9.17) is 0 Å². The van der Waals surface area contributed by atoms with Crippen LogP contribution in [0.4, 0.5) is 0 Å². The largest absolute Gasteiger partial charge is 0.494 e. The number of aromatic hydroxyl groups is 1. The van der Waals surface area contributed by atoms with Gasteiger partial charge in [-0.1, -0.05) is 18.2 Å². The molecule has 9 heteroatoms. The number of aryl methyl sites for hydroxylation is 1. The number of amides is 1. The van der Waals surface area contributed by atoms with E-state index in [9.17, 15) is 18.3 Å². The summed E-state index contributed by atoms with van der Waals surface area (Å²) >= 11 is 0. The number of carbonyl (C=O) groups excluding carboxylic acids is 1. The summed E-state index contributed by atoms with van der Waals surface area (Å²) in [6.07, 6.45) is 6.44. The maximum atomic E-state index is 12.5. The molecular formula is C22H22N4O4S. The zero-order valence-corrected chi connectivity index (χ0v) is 17.9. The molecule has 0 aliphatic rings. The number of nitrogens with one attached hydrogen (secondary N) is 1. The first-order valence-corrected chi connectivity index (χ1v) is 11.5. The minimum atomic E-state index is -3.26. The number of nitrogens with zero attached hydrogens (tertiary/aromatic N) is 3. The predicted octanol–water partition coefficient (Wildman–Crippen LogP) is 2.46. The molecule has 0 spiro atoms. The summed E-state index contributed by atoms with van der Waals surface area (Å²) < 4.78 is 26.7. The fourth-order valence-corrected chi connectivity index (χ4v) is 4.01. The Morgan fingerprint density at radius 3 is 2.55 bits per heavy atom. The summed E-state index contributed by atoms with van der Waals surface area (Å²) in [7, 11) is -1.40. The van der Waals surface area contributed by atoms with Crippen molar-refractivity contribution in [1.29, 1.82) is 0 Å². The van der Waals surface area contributed by atoms with Gasteiger partial charge >= 0.3 is 0 Å². The number of imidazole rings is 1. The molecule has 0 radical (unpaired) electrons. The van der Waals surface area contributed by atoms with Crippen LogP contribution in [-0.2, 0) is 30.0 Å². The first kappa shape index (κ1) is 20.7. The number of carbonyl (C=O) groups is 1. The summed E-state index contributed by atoms with van der Waals surface area (Å²) in [4.78, 5) is 17.0. The highest BCUT2D eigenvalue weighted by atomic mass is 32.2. The summed E-state index contributed by atoms with van der Waals surface area (Å²) in [5, 5.41) is 14.9. The second-order valence-corrected chi connectivity index (χ2v) is 9.45. The number of aromatic nitrogens is 3. The summed E-state index contributed by atoms with van der Waals surface area (Å²) in [6.45, 7) is 0.669. The van der Waals surface area contributed by atoms with Crippen molar-refractivity contribution in [2.24, 2.45) is 7.05 Å². The van der Waals surface area contributed by atoms with E-state index in [1.165, 1.54) is 0 Å². The van der Waals surface area contributed by atoms with Crippen LogP contribution in [0.5, 0.6) is 5.88 Å². The minimum absolute atomic E-state index is 0.0425. The van der Waals surface area contributed by atoms with Crippen molar-refractivity contribution in [2.75, 3.05) is 6.26 Å². The van der Waals surface area contributed by atoms with Gasteiger partial charge in [-0.2, -0.15) is 0 Å². The maximum Gasteiger partial charge on any atom is 0.251 e. The van der Waals surface area contributed by atoms with Crippen molar-refractivity contribution in [2.45, 2.75) is 18.0 Å². The Balaban J connectivity index is 1.53. The molecule has 31 heavy (non-hydrogen) atoms. The molecule has 0 saturated heterocycles. The van der Waals surface area contributed by atoms with Gasteiger partial charge < -0.3 is 19.6 Å². The van der Waals surface area contributed by atoms with Crippen molar-refractivity contribution in [3.05, 3.63) is 78.0 Å². The second-order valence-electron chi connectivity index (χ2n) is 7.44. The van der Waals surface area contributed by atoms with Gasteiger partial charge in [0, 0.05) is 48.2 Å². The average Bonchev–Trinajstić information content (AvgIpc) is 3.28. The first-order valence-electron chi connectivity index (χ1n) is 9.57. The van der Waals surface area contributed by atoms with Gasteiger partial charge in [0.2, 0.25) is 0 Å². The maximum absolute atomic E-state index is 12.5. The Hall–Kier alpha value is -3.59. The molecule has 0 fully saturated rings. The smallest absolute Gasteiger partial charge is 0.251 e. The summed E-state index contributed by atoms with van der Waals surface area (Å²) in [5.41, 5.74) is 1.28. The van der Waals surface area contributed by atoms with E-state index in [0.717, 1.165) is 23.0 Å². The lowest BCUT2D eigenvalue weighted by atomic mass is 10.1. The van der Waals surface area contributed by atoms with Gasteiger partial charge in [-0.3, -0.25) is 4.79 Å². The molecule has 0 saturated carbocycles. The third-order valence-corrected chi connectivity index (χ3v) is 6.28. The van der Waals surface area contributed by atoms with E-state index in [0.29, 0.717) is 24.0 Å². The fourth-order valence-electron chi connectivity index (χ4n) is 3.37. The van der Waals surface area contributed by atoms with Gasteiger partial charge in [0.25, 0.3) is 5.91 Å². The zero-order chi connectivity index (χ0) is 22.2. The summed E-state index contributed by atoms with van der Waals surface area (Å²) in [5.74, 6) is 0.527. The van der Waals surface area contributed by atoms with E-state index in [1.807, 2.05) is 17.8 Å². The highest BCUT2D eigenvalue weighted by Gasteiger charge is 2.14. The molecule has 4 rings (SSSR count). The van der Waals surface area contributed by atoms with Crippen LogP contribution < -0.4 is 5.32 Å². The Labute approximate surface area is 179 Å². The van der Waals surface area contributed by atoms with Crippen molar-refractivity contribution in [3.8, 4) is 5.88 Å². The van der Waals surface area contributed by atoms with E-state index in [-0.39, 0.29) is 16.7 Å². The highest BCUT2D eigenvalue weighted by Crippen LogP contribution is 2.29. The lowest BCUT2D eigenvalue weighted by Gasteiger charge is -2.07. The van der Waals surface area contributed by atoms with Gasteiger partial charge in [0.05, 0.1) is 18.0 Å². The van der Waals surface area contributed by atoms with Crippen LogP contribution in [0.15, 0.2) is 66.0 Å². The van der Waals surface area contributed by atoms with Crippen LogP contribution in [0.25, 0.3) is 10.8 Å². The third kappa shape index (κ3) is 4.31. The molecule has 0 aliphatic heterocycles. The zero-order valence-electron chi connectivity index (χ0n) is 17.1. The van der Waals surface area contributed by atoms with Gasteiger partial charge in [-0.25, -0.2) is 13.4 Å². The summed E-state index contributed by atoms with van der Waals surface area (Å²) in [6, 6.07) is 11.7. The van der Waals surface area contributed by atoms with Crippen LogP contribution in [0.3, 0.4) is 0 Å². The quantitative estimate of drug-likeness (QED) is 0.481. The minimum Gasteiger partial charge on any atom is -0.494 e. The highest BCUT2D eigenvalue weighted by molar-refractivity contribution is 7.90. The van der Waals surface area contributed by atoms with Crippen molar-refractivity contribution in [3.63, 3.8) is 0 Å². The Morgan fingerprint density at radius 1 is 1.16 bits per heavy atom.